The van der Waals surface area contributed by atoms with Gasteiger partial charge in [-0.1, -0.05) is 13.8 Å². The molecular weight excluding hydrogens is 327 g/mol. The predicted octanol–water partition coefficient (Wildman–Crippen LogP) is 1.34. The van der Waals surface area contributed by atoms with Crippen molar-refractivity contribution in [2.24, 2.45) is 5.41 Å². The fourth-order valence-electron chi connectivity index (χ4n) is 2.17. The van der Waals surface area contributed by atoms with Gasteiger partial charge in [-0.05, 0) is 18.3 Å². The average Bonchev–Trinajstić information content (AvgIpc) is 2.81. The summed E-state index contributed by atoms with van der Waals surface area (Å²) in [4.78, 5) is 12.8. The third-order valence-corrected chi connectivity index (χ3v) is 4.93. The van der Waals surface area contributed by atoms with Crippen LogP contribution in [0.5, 0.6) is 0 Å². The highest BCUT2D eigenvalue weighted by molar-refractivity contribution is 7.89. The van der Waals surface area contributed by atoms with Crippen molar-refractivity contribution in [3.05, 3.63) is 28.5 Å². The molecule has 0 aliphatic rings. The molecule has 7 nitrogen and oxygen atoms in total. The van der Waals surface area contributed by atoms with Crippen molar-refractivity contribution < 1.29 is 22.3 Å². The molecule has 0 unspecified atom stereocenters. The van der Waals surface area contributed by atoms with Crippen molar-refractivity contribution in [1.82, 2.24) is 9.71 Å². The Balaban J connectivity index is 2.25. The van der Waals surface area contributed by atoms with Crippen molar-refractivity contribution in [2.75, 3.05) is 13.2 Å². The number of rotatable bonds is 7. The van der Waals surface area contributed by atoms with Gasteiger partial charge in [0.1, 0.15) is 10.7 Å². The number of hydrogen-bond acceptors (Lipinski definition) is 5. The summed E-state index contributed by atoms with van der Waals surface area (Å²) in [5.41, 5.74) is -0.331. The van der Waals surface area contributed by atoms with E-state index in [2.05, 4.69) is 9.71 Å². The van der Waals surface area contributed by atoms with Crippen LogP contribution in [0.15, 0.2) is 26.2 Å². The molecule has 0 saturated carbocycles. The van der Waals surface area contributed by atoms with Crippen LogP contribution in [0.4, 0.5) is 4.39 Å². The van der Waals surface area contributed by atoms with Crippen LogP contribution in [0.25, 0.3) is 11.1 Å². The summed E-state index contributed by atoms with van der Waals surface area (Å²) < 4.78 is 45.7. The normalized spacial score (nSPS) is 12.9. The molecule has 2 aromatic rings. The Morgan fingerprint density at radius 2 is 2.09 bits per heavy atom. The van der Waals surface area contributed by atoms with Crippen molar-refractivity contribution in [1.29, 1.82) is 0 Å². The minimum atomic E-state index is -4.09. The maximum atomic E-state index is 14.0. The van der Waals surface area contributed by atoms with Gasteiger partial charge in [0.2, 0.25) is 10.0 Å². The zero-order valence-corrected chi connectivity index (χ0v) is 13.7. The van der Waals surface area contributed by atoms with Gasteiger partial charge in [0.05, 0.1) is 5.52 Å². The molecule has 0 aliphatic carbocycles. The molecule has 0 amide bonds. The number of hydrogen-bond donors (Lipinski definition) is 3. The monoisotopic (exact) mass is 346 g/mol. The fourth-order valence-corrected chi connectivity index (χ4v) is 3.49. The molecule has 1 aromatic carbocycles. The summed E-state index contributed by atoms with van der Waals surface area (Å²) >= 11 is 0. The van der Waals surface area contributed by atoms with E-state index in [0.717, 1.165) is 12.1 Å². The largest absolute Gasteiger partial charge is 0.417 e. The molecule has 1 heterocycles. The lowest BCUT2D eigenvalue weighted by atomic mass is 9.88. The Labute approximate surface area is 132 Å². The van der Waals surface area contributed by atoms with E-state index in [0.29, 0.717) is 12.8 Å². The minimum Gasteiger partial charge on any atom is -0.408 e. The molecule has 2 rings (SSSR count). The number of aliphatic hydroxyl groups excluding tert-OH is 1. The number of fused-ring (bicyclic) bond motifs is 1. The van der Waals surface area contributed by atoms with Crippen LogP contribution < -0.4 is 10.5 Å². The van der Waals surface area contributed by atoms with Crippen LogP contribution in [0, 0.1) is 11.2 Å². The van der Waals surface area contributed by atoms with E-state index < -0.39 is 31.9 Å². The molecule has 0 spiro atoms. The number of aromatic amines is 1. The molecule has 0 fully saturated rings. The third kappa shape index (κ3) is 4.18. The van der Waals surface area contributed by atoms with Crippen molar-refractivity contribution in [3.63, 3.8) is 0 Å². The Bertz CT molecular complexity index is 854. The van der Waals surface area contributed by atoms with Gasteiger partial charge in [0.15, 0.2) is 5.58 Å². The quantitative estimate of drug-likeness (QED) is 0.700. The Kier molecular flexibility index (Phi) is 4.92. The number of benzene rings is 1. The maximum Gasteiger partial charge on any atom is 0.417 e. The second kappa shape index (κ2) is 6.42. The summed E-state index contributed by atoms with van der Waals surface area (Å²) in [6, 6.07) is 1.89. The molecule has 0 aliphatic heterocycles. The number of H-pyrrole nitrogens is 1. The van der Waals surface area contributed by atoms with Gasteiger partial charge in [-0.3, -0.25) is 4.98 Å². The highest BCUT2D eigenvalue weighted by Crippen LogP contribution is 2.24. The van der Waals surface area contributed by atoms with Gasteiger partial charge in [-0.25, -0.2) is 22.3 Å². The van der Waals surface area contributed by atoms with Crippen LogP contribution in [-0.2, 0) is 10.0 Å². The molecule has 23 heavy (non-hydrogen) atoms. The highest BCUT2D eigenvalue weighted by atomic mass is 32.2. The van der Waals surface area contributed by atoms with E-state index in [9.17, 15) is 17.6 Å². The Hall–Kier alpha value is -1.71. The summed E-state index contributed by atoms with van der Waals surface area (Å²) in [5.74, 6) is -1.76. The Morgan fingerprint density at radius 3 is 2.74 bits per heavy atom. The summed E-state index contributed by atoms with van der Waals surface area (Å²) in [5, 5.41) is 8.85. The predicted molar refractivity (Wildman–Crippen MR) is 82.1 cm³/mol. The maximum absolute atomic E-state index is 14.0. The number of nitrogens with one attached hydrogen (secondary N) is 2. The van der Waals surface area contributed by atoms with E-state index >= 15 is 0 Å². The first-order valence-electron chi connectivity index (χ1n) is 7.07. The van der Waals surface area contributed by atoms with Gasteiger partial charge in [-0.15, -0.1) is 0 Å². The summed E-state index contributed by atoms with van der Waals surface area (Å²) in [6.07, 6.45) is 1.16. The van der Waals surface area contributed by atoms with E-state index in [-0.39, 0.29) is 24.3 Å². The van der Waals surface area contributed by atoms with Crippen molar-refractivity contribution in [2.45, 2.75) is 31.6 Å². The first-order chi connectivity index (χ1) is 10.6. The molecule has 0 saturated heterocycles. The lowest BCUT2D eigenvalue weighted by molar-refractivity contribution is 0.242. The molecule has 0 bridgehead atoms. The van der Waals surface area contributed by atoms with Crippen LogP contribution in [0.3, 0.4) is 0 Å². The van der Waals surface area contributed by atoms with Crippen LogP contribution >= 0.6 is 0 Å². The van der Waals surface area contributed by atoms with Crippen LogP contribution in [0.2, 0.25) is 0 Å². The summed E-state index contributed by atoms with van der Waals surface area (Å²) in [7, 11) is -4.09. The van der Waals surface area contributed by atoms with E-state index in [1.807, 2.05) is 13.8 Å². The van der Waals surface area contributed by atoms with Crippen molar-refractivity contribution >= 4 is 21.1 Å². The van der Waals surface area contributed by atoms with Crippen LogP contribution in [-0.4, -0.2) is 31.7 Å². The Morgan fingerprint density at radius 1 is 1.39 bits per heavy atom. The topological polar surface area (TPSA) is 112 Å². The first kappa shape index (κ1) is 17.6. The van der Waals surface area contributed by atoms with Gasteiger partial charge >= 0.3 is 5.76 Å². The molecule has 3 N–H and O–H groups in total. The molecule has 0 atom stereocenters. The van der Waals surface area contributed by atoms with E-state index in [4.69, 9.17) is 9.52 Å². The number of sulfonamides is 1. The third-order valence-electron chi connectivity index (χ3n) is 3.52. The molecule has 128 valence electrons. The molecule has 0 radical (unpaired) electrons. The number of halogens is 1. The second-order valence-electron chi connectivity index (χ2n) is 6.11. The van der Waals surface area contributed by atoms with Crippen LogP contribution in [0.1, 0.15) is 26.7 Å². The number of oxazole rings is 1. The highest BCUT2D eigenvalue weighted by Gasteiger charge is 2.25. The van der Waals surface area contributed by atoms with E-state index in [1.54, 1.807) is 0 Å². The minimum absolute atomic E-state index is 0.0218. The van der Waals surface area contributed by atoms with Gasteiger partial charge < -0.3 is 9.52 Å². The summed E-state index contributed by atoms with van der Waals surface area (Å²) in [6.45, 7) is 3.80. The fraction of sp³-hybridized carbons (Fsp3) is 0.500. The zero-order chi connectivity index (χ0) is 17.3. The van der Waals surface area contributed by atoms with Crippen molar-refractivity contribution in [3.8, 4) is 0 Å². The number of aromatic nitrogens is 1. The average molecular weight is 346 g/mol. The molecule has 1 aromatic heterocycles. The standard InChI is InChI=1S/C14H19FN2O5S/c1-14(2,4-3-5-18)8-16-23(20,21)12-7-11-10(6-9(12)15)17-13(19)22-11/h6-7,16,18H,3-5,8H2,1-2H3,(H,17,19). The second-order valence-corrected chi connectivity index (χ2v) is 7.84. The SMILES string of the molecule is CC(C)(CCCO)CNS(=O)(=O)c1cc2oc(=O)[nH]c2cc1F. The number of aliphatic hydroxyl groups is 1. The molecule has 9 heteroatoms. The van der Waals surface area contributed by atoms with Gasteiger partial charge in [0, 0.05) is 25.3 Å². The molecular formula is C14H19FN2O5S. The zero-order valence-electron chi connectivity index (χ0n) is 12.8. The van der Waals surface area contributed by atoms with Gasteiger partial charge in [0.25, 0.3) is 0 Å². The smallest absolute Gasteiger partial charge is 0.408 e. The van der Waals surface area contributed by atoms with Gasteiger partial charge in [-0.2, -0.15) is 0 Å². The lowest BCUT2D eigenvalue weighted by Gasteiger charge is -2.24. The lowest BCUT2D eigenvalue weighted by Crippen LogP contribution is -2.34. The van der Waals surface area contributed by atoms with E-state index in [1.165, 1.54) is 0 Å². The first-order valence-corrected chi connectivity index (χ1v) is 8.56.